The van der Waals surface area contributed by atoms with Gasteiger partial charge in [0.1, 0.15) is 0 Å². The molecule has 0 amide bonds. The molecule has 1 rings (SSSR count). The van der Waals surface area contributed by atoms with E-state index in [4.69, 9.17) is 14.6 Å². The maximum atomic E-state index is 11.0. The minimum Gasteiger partial charge on any atom is -0.493 e. The van der Waals surface area contributed by atoms with Crippen LogP contribution in [0.3, 0.4) is 0 Å². The van der Waals surface area contributed by atoms with Crippen LogP contribution in [0.1, 0.15) is 0 Å². The normalized spacial score (nSPS) is 12.0. The molecular formula is C11H15NO6S. The summed E-state index contributed by atoms with van der Waals surface area (Å²) in [6.45, 7) is -0.395. The molecule has 0 aliphatic carbocycles. The highest BCUT2D eigenvalue weighted by Gasteiger charge is 2.20. The molecule has 7 nitrogen and oxygen atoms in total. The van der Waals surface area contributed by atoms with E-state index >= 15 is 0 Å². The molecule has 0 fully saturated rings. The van der Waals surface area contributed by atoms with Gasteiger partial charge in [0.25, 0.3) is 5.69 Å². The number of nitrogens with zero attached hydrogens (tertiary/aromatic N) is 1. The highest BCUT2D eigenvalue weighted by Crippen LogP contribution is 2.39. The van der Waals surface area contributed by atoms with Crippen molar-refractivity contribution in [2.75, 3.05) is 26.6 Å². The van der Waals surface area contributed by atoms with Crippen LogP contribution in [0.5, 0.6) is 11.5 Å². The Labute approximate surface area is 114 Å². The summed E-state index contributed by atoms with van der Waals surface area (Å²) in [6, 6.07) is 2.75. The number of methoxy groups -OCH3 is 2. The summed E-state index contributed by atoms with van der Waals surface area (Å²) in [5.74, 6) is 0.780. The third-order valence-corrected chi connectivity index (χ3v) is 3.49. The second-order valence-corrected chi connectivity index (χ2v) is 4.64. The zero-order valence-electron chi connectivity index (χ0n) is 10.5. The third kappa shape index (κ3) is 3.98. The number of aliphatic hydroxyl groups excluding tert-OH is 2. The van der Waals surface area contributed by atoms with Crippen LogP contribution < -0.4 is 9.47 Å². The quantitative estimate of drug-likeness (QED) is 0.439. The van der Waals surface area contributed by atoms with Crippen molar-refractivity contribution in [3.05, 3.63) is 22.2 Å². The van der Waals surface area contributed by atoms with Gasteiger partial charge in [0.2, 0.25) is 0 Å². The van der Waals surface area contributed by atoms with E-state index in [0.717, 1.165) is 11.8 Å². The van der Waals surface area contributed by atoms with Gasteiger partial charge in [-0.3, -0.25) is 10.1 Å². The maximum absolute atomic E-state index is 11.0. The van der Waals surface area contributed by atoms with Crippen molar-refractivity contribution < 1.29 is 24.6 Å². The molecule has 1 aromatic rings. The van der Waals surface area contributed by atoms with E-state index < -0.39 is 17.6 Å². The fourth-order valence-electron chi connectivity index (χ4n) is 1.35. The van der Waals surface area contributed by atoms with Crippen molar-refractivity contribution in [3.8, 4) is 11.5 Å². The lowest BCUT2D eigenvalue weighted by Crippen LogP contribution is -2.14. The van der Waals surface area contributed by atoms with Gasteiger partial charge in [-0.15, -0.1) is 11.8 Å². The highest BCUT2D eigenvalue weighted by atomic mass is 32.2. The van der Waals surface area contributed by atoms with Crippen LogP contribution >= 0.6 is 11.8 Å². The Morgan fingerprint density at radius 1 is 1.37 bits per heavy atom. The Morgan fingerprint density at radius 3 is 2.42 bits per heavy atom. The molecule has 106 valence electrons. The minimum absolute atomic E-state index is 0.132. The number of nitro benzene ring substituents is 1. The van der Waals surface area contributed by atoms with Crippen molar-refractivity contribution >= 4 is 17.4 Å². The van der Waals surface area contributed by atoms with Gasteiger partial charge in [-0.05, 0) is 0 Å². The number of thioether (sulfide) groups is 1. The summed E-state index contributed by atoms with van der Waals surface area (Å²) in [5, 5.41) is 29.0. The smallest absolute Gasteiger partial charge is 0.286 e. The van der Waals surface area contributed by atoms with Crippen molar-refractivity contribution in [2.45, 2.75) is 11.0 Å². The lowest BCUT2D eigenvalue weighted by molar-refractivity contribution is -0.387. The van der Waals surface area contributed by atoms with E-state index in [1.807, 2.05) is 0 Å². The molecule has 2 N–H and O–H groups in total. The molecule has 8 heteroatoms. The largest absolute Gasteiger partial charge is 0.493 e. The molecule has 0 aliphatic rings. The van der Waals surface area contributed by atoms with E-state index in [1.54, 1.807) is 0 Å². The van der Waals surface area contributed by atoms with Crippen LogP contribution in [0.4, 0.5) is 5.69 Å². The number of benzene rings is 1. The highest BCUT2D eigenvalue weighted by molar-refractivity contribution is 7.99. The molecule has 1 aromatic carbocycles. The summed E-state index contributed by atoms with van der Waals surface area (Å²) in [4.78, 5) is 10.8. The number of hydrogen-bond donors (Lipinski definition) is 2. The zero-order valence-corrected chi connectivity index (χ0v) is 11.3. The fraction of sp³-hybridized carbons (Fsp3) is 0.455. The standard InChI is InChI=1S/C11H15NO6S/c1-17-9-3-8(12(15)16)11(4-10(9)18-2)19-6-7(14)5-13/h3-4,7,13-14H,5-6H2,1-2H3. The Hall–Kier alpha value is -1.51. The van der Waals surface area contributed by atoms with Crippen molar-refractivity contribution in [2.24, 2.45) is 0 Å². The Balaban J connectivity index is 3.09. The van der Waals surface area contributed by atoms with Crippen LogP contribution in [-0.4, -0.2) is 47.8 Å². The molecule has 0 aromatic heterocycles. The lowest BCUT2D eigenvalue weighted by atomic mass is 10.3. The lowest BCUT2D eigenvalue weighted by Gasteiger charge is -2.11. The molecule has 1 unspecified atom stereocenters. The SMILES string of the molecule is COc1cc(SCC(O)CO)c([N+](=O)[O-])cc1OC. The van der Waals surface area contributed by atoms with Crippen LogP contribution in [0.25, 0.3) is 0 Å². The van der Waals surface area contributed by atoms with Gasteiger partial charge in [-0.2, -0.15) is 0 Å². The molecular weight excluding hydrogens is 274 g/mol. The van der Waals surface area contributed by atoms with Crippen molar-refractivity contribution in [3.63, 3.8) is 0 Å². The van der Waals surface area contributed by atoms with Crippen LogP contribution in [0.15, 0.2) is 17.0 Å². The van der Waals surface area contributed by atoms with Gasteiger partial charge in [0, 0.05) is 11.8 Å². The van der Waals surface area contributed by atoms with E-state index in [0.29, 0.717) is 10.6 Å². The van der Waals surface area contributed by atoms with E-state index in [1.165, 1.54) is 26.4 Å². The molecule has 0 spiro atoms. The number of nitro groups is 1. The molecule has 19 heavy (non-hydrogen) atoms. The Morgan fingerprint density at radius 2 is 1.95 bits per heavy atom. The van der Waals surface area contributed by atoms with Crippen molar-refractivity contribution in [1.82, 2.24) is 0 Å². The number of rotatable bonds is 7. The fourth-order valence-corrected chi connectivity index (χ4v) is 2.30. The van der Waals surface area contributed by atoms with Crippen LogP contribution in [0.2, 0.25) is 0 Å². The molecule has 1 atom stereocenters. The summed E-state index contributed by atoms with van der Waals surface area (Å²) in [6.07, 6.45) is -0.933. The molecule has 0 saturated heterocycles. The van der Waals surface area contributed by atoms with E-state index in [2.05, 4.69) is 0 Å². The third-order valence-electron chi connectivity index (χ3n) is 2.30. The maximum Gasteiger partial charge on any atom is 0.286 e. The average molecular weight is 289 g/mol. The summed E-state index contributed by atoms with van der Waals surface area (Å²) >= 11 is 1.07. The second-order valence-electron chi connectivity index (χ2n) is 3.58. The molecule has 0 radical (unpaired) electrons. The van der Waals surface area contributed by atoms with Crippen molar-refractivity contribution in [1.29, 1.82) is 0 Å². The Bertz CT molecular complexity index is 453. The monoisotopic (exact) mass is 289 g/mol. The van der Waals surface area contributed by atoms with E-state index in [-0.39, 0.29) is 17.2 Å². The van der Waals surface area contributed by atoms with Crippen LogP contribution in [-0.2, 0) is 0 Å². The van der Waals surface area contributed by atoms with Gasteiger partial charge >= 0.3 is 0 Å². The minimum atomic E-state index is -0.933. The summed E-state index contributed by atoms with van der Waals surface area (Å²) in [5.41, 5.74) is -0.132. The first-order chi connectivity index (χ1) is 9.03. The predicted octanol–water partition coefficient (Wildman–Crippen LogP) is 1.06. The van der Waals surface area contributed by atoms with Gasteiger partial charge in [-0.1, -0.05) is 0 Å². The van der Waals surface area contributed by atoms with Gasteiger partial charge in [-0.25, -0.2) is 0 Å². The molecule has 0 bridgehead atoms. The second kappa shape index (κ2) is 7.17. The van der Waals surface area contributed by atoms with Gasteiger partial charge in [0.15, 0.2) is 11.5 Å². The Kier molecular flexibility index (Phi) is 5.87. The average Bonchev–Trinajstić information content (AvgIpc) is 2.43. The number of hydrogen-bond acceptors (Lipinski definition) is 7. The topological polar surface area (TPSA) is 102 Å². The van der Waals surface area contributed by atoms with Gasteiger partial charge < -0.3 is 19.7 Å². The van der Waals surface area contributed by atoms with Gasteiger partial charge in [0.05, 0.1) is 42.8 Å². The molecule has 0 heterocycles. The number of aliphatic hydroxyl groups is 2. The zero-order chi connectivity index (χ0) is 14.4. The summed E-state index contributed by atoms with van der Waals surface area (Å²) < 4.78 is 10.1. The first-order valence-corrected chi connectivity index (χ1v) is 6.34. The molecule has 0 aliphatic heterocycles. The molecule has 0 saturated carbocycles. The first kappa shape index (κ1) is 15.5. The van der Waals surface area contributed by atoms with E-state index in [9.17, 15) is 15.2 Å². The summed E-state index contributed by atoms with van der Waals surface area (Å²) in [7, 11) is 2.82. The first-order valence-electron chi connectivity index (χ1n) is 5.35. The predicted molar refractivity (Wildman–Crippen MR) is 70.0 cm³/mol. The number of ether oxygens (including phenoxy) is 2. The van der Waals surface area contributed by atoms with Crippen LogP contribution in [0, 0.1) is 10.1 Å².